The summed E-state index contributed by atoms with van der Waals surface area (Å²) < 4.78 is 0. The molecule has 90 valence electrons. The molecule has 0 bridgehead atoms. The molecule has 16 heavy (non-hydrogen) atoms. The molecular formula is C11H15Cl3N2. The van der Waals surface area contributed by atoms with Crippen LogP contribution < -0.4 is 10.6 Å². The molecule has 1 aliphatic heterocycles. The standard InChI is InChI=1S/C11H14Cl2N2.ClH/c12-10-2-1-9(7-11(10)13)15-5-3-8(14)4-6-15;/h1-2,7-8H,3-6,14H2;1H. The Morgan fingerprint density at radius 3 is 2.31 bits per heavy atom. The van der Waals surface area contributed by atoms with Crippen molar-refractivity contribution in [2.75, 3.05) is 18.0 Å². The zero-order valence-electron chi connectivity index (χ0n) is 8.83. The van der Waals surface area contributed by atoms with Gasteiger partial charge < -0.3 is 10.6 Å². The van der Waals surface area contributed by atoms with E-state index in [1.54, 1.807) is 0 Å². The second-order valence-corrected chi connectivity index (χ2v) is 4.74. The molecule has 1 aromatic carbocycles. The van der Waals surface area contributed by atoms with E-state index in [4.69, 9.17) is 28.9 Å². The molecule has 2 rings (SSSR count). The molecule has 1 aromatic rings. The third kappa shape index (κ3) is 3.17. The summed E-state index contributed by atoms with van der Waals surface area (Å²) >= 11 is 11.9. The molecule has 0 radical (unpaired) electrons. The lowest BCUT2D eigenvalue weighted by atomic mass is 10.1. The fourth-order valence-electron chi connectivity index (χ4n) is 1.84. The molecule has 0 aromatic heterocycles. The fourth-order valence-corrected chi connectivity index (χ4v) is 2.13. The number of nitrogens with two attached hydrogens (primary N) is 1. The summed E-state index contributed by atoms with van der Waals surface area (Å²) in [5.74, 6) is 0. The topological polar surface area (TPSA) is 29.3 Å². The van der Waals surface area contributed by atoms with Crippen LogP contribution in [0, 0.1) is 0 Å². The lowest BCUT2D eigenvalue weighted by molar-refractivity contribution is 0.501. The van der Waals surface area contributed by atoms with E-state index in [1.165, 1.54) is 0 Å². The number of hydrogen-bond donors (Lipinski definition) is 1. The molecule has 1 heterocycles. The van der Waals surface area contributed by atoms with Gasteiger partial charge in [0.15, 0.2) is 0 Å². The summed E-state index contributed by atoms with van der Waals surface area (Å²) in [5, 5.41) is 1.22. The number of piperidine rings is 1. The number of halogens is 3. The first kappa shape index (κ1) is 13.9. The van der Waals surface area contributed by atoms with Crippen LogP contribution in [0.3, 0.4) is 0 Å². The van der Waals surface area contributed by atoms with Crippen LogP contribution in [0.25, 0.3) is 0 Å². The second-order valence-electron chi connectivity index (χ2n) is 3.92. The fraction of sp³-hybridized carbons (Fsp3) is 0.455. The lowest BCUT2D eigenvalue weighted by Gasteiger charge is -2.32. The monoisotopic (exact) mass is 280 g/mol. The Kier molecular flexibility index (Phi) is 5.19. The van der Waals surface area contributed by atoms with Crippen molar-refractivity contribution in [1.82, 2.24) is 0 Å². The van der Waals surface area contributed by atoms with E-state index in [1.807, 2.05) is 18.2 Å². The van der Waals surface area contributed by atoms with Gasteiger partial charge in [-0.3, -0.25) is 0 Å². The largest absolute Gasteiger partial charge is 0.371 e. The van der Waals surface area contributed by atoms with E-state index in [2.05, 4.69) is 4.90 Å². The molecule has 2 nitrogen and oxygen atoms in total. The summed E-state index contributed by atoms with van der Waals surface area (Å²) in [6.45, 7) is 2.00. The maximum atomic E-state index is 5.98. The van der Waals surface area contributed by atoms with Crippen LogP contribution in [-0.2, 0) is 0 Å². The molecule has 0 amide bonds. The van der Waals surface area contributed by atoms with Gasteiger partial charge in [-0.25, -0.2) is 0 Å². The average Bonchev–Trinajstić information content (AvgIpc) is 2.23. The van der Waals surface area contributed by atoms with E-state index in [-0.39, 0.29) is 12.4 Å². The third-order valence-corrected chi connectivity index (χ3v) is 3.55. The Morgan fingerprint density at radius 1 is 1.12 bits per heavy atom. The number of nitrogens with zero attached hydrogens (tertiary/aromatic N) is 1. The maximum Gasteiger partial charge on any atom is 0.0612 e. The van der Waals surface area contributed by atoms with Crippen LogP contribution in [0.2, 0.25) is 10.0 Å². The van der Waals surface area contributed by atoms with Crippen molar-refractivity contribution in [2.45, 2.75) is 18.9 Å². The number of benzene rings is 1. The summed E-state index contributed by atoms with van der Waals surface area (Å²) in [7, 11) is 0. The lowest BCUT2D eigenvalue weighted by Crippen LogP contribution is -2.39. The molecule has 5 heteroatoms. The molecule has 0 spiro atoms. The Bertz CT molecular complexity index is 349. The molecule has 1 saturated heterocycles. The predicted octanol–water partition coefficient (Wildman–Crippen LogP) is 3.34. The molecule has 0 aliphatic carbocycles. The summed E-state index contributed by atoms with van der Waals surface area (Å²) in [6.07, 6.45) is 2.08. The van der Waals surface area contributed by atoms with Crippen molar-refractivity contribution in [3.8, 4) is 0 Å². The molecule has 0 atom stereocenters. The van der Waals surface area contributed by atoms with Gasteiger partial charge in [0.2, 0.25) is 0 Å². The second kappa shape index (κ2) is 5.97. The highest BCUT2D eigenvalue weighted by Crippen LogP contribution is 2.28. The van der Waals surface area contributed by atoms with Gasteiger partial charge >= 0.3 is 0 Å². The van der Waals surface area contributed by atoms with Crippen molar-refractivity contribution in [3.63, 3.8) is 0 Å². The molecule has 0 unspecified atom stereocenters. The first-order valence-corrected chi connectivity index (χ1v) is 5.88. The van der Waals surface area contributed by atoms with E-state index in [0.29, 0.717) is 16.1 Å². The normalized spacial score (nSPS) is 17.1. The van der Waals surface area contributed by atoms with E-state index in [9.17, 15) is 0 Å². The average molecular weight is 282 g/mol. The highest BCUT2D eigenvalue weighted by atomic mass is 35.5. The summed E-state index contributed by atoms with van der Waals surface area (Å²) in [6, 6.07) is 6.11. The number of hydrogen-bond acceptors (Lipinski definition) is 2. The molecule has 1 aliphatic rings. The summed E-state index contributed by atoms with van der Waals surface area (Å²) in [5.41, 5.74) is 6.99. The minimum absolute atomic E-state index is 0. The minimum Gasteiger partial charge on any atom is -0.371 e. The van der Waals surface area contributed by atoms with Crippen LogP contribution in [0.4, 0.5) is 5.69 Å². The highest BCUT2D eigenvalue weighted by Gasteiger charge is 2.16. The zero-order valence-corrected chi connectivity index (χ0v) is 11.2. The molecular weight excluding hydrogens is 266 g/mol. The SMILES string of the molecule is Cl.NC1CCN(c2ccc(Cl)c(Cl)c2)CC1. The smallest absolute Gasteiger partial charge is 0.0612 e. The van der Waals surface area contributed by atoms with Gasteiger partial charge in [0.05, 0.1) is 10.0 Å². The Labute approximate surface area is 112 Å². The predicted molar refractivity (Wildman–Crippen MR) is 73.1 cm³/mol. The van der Waals surface area contributed by atoms with Crippen LogP contribution >= 0.6 is 35.6 Å². The van der Waals surface area contributed by atoms with Crippen molar-refractivity contribution >= 4 is 41.3 Å². The van der Waals surface area contributed by atoms with Gasteiger partial charge in [-0.15, -0.1) is 12.4 Å². The zero-order chi connectivity index (χ0) is 10.8. The van der Waals surface area contributed by atoms with Crippen molar-refractivity contribution in [2.24, 2.45) is 5.73 Å². The Hall–Kier alpha value is -0.150. The van der Waals surface area contributed by atoms with Gasteiger partial charge in [0.1, 0.15) is 0 Å². The first-order valence-electron chi connectivity index (χ1n) is 5.12. The Morgan fingerprint density at radius 2 is 1.75 bits per heavy atom. The Balaban J connectivity index is 0.00000128. The quantitative estimate of drug-likeness (QED) is 0.855. The van der Waals surface area contributed by atoms with Gasteiger partial charge in [-0.2, -0.15) is 0 Å². The van der Waals surface area contributed by atoms with Crippen LogP contribution in [0.5, 0.6) is 0 Å². The van der Waals surface area contributed by atoms with E-state index in [0.717, 1.165) is 31.6 Å². The molecule has 2 N–H and O–H groups in total. The van der Waals surface area contributed by atoms with E-state index < -0.39 is 0 Å². The minimum atomic E-state index is 0. The number of anilines is 1. The molecule has 0 saturated carbocycles. The summed E-state index contributed by atoms with van der Waals surface area (Å²) in [4.78, 5) is 2.30. The van der Waals surface area contributed by atoms with Gasteiger partial charge in [0.25, 0.3) is 0 Å². The van der Waals surface area contributed by atoms with Gasteiger partial charge in [0, 0.05) is 24.8 Å². The van der Waals surface area contributed by atoms with Crippen molar-refractivity contribution in [1.29, 1.82) is 0 Å². The van der Waals surface area contributed by atoms with Gasteiger partial charge in [-0.1, -0.05) is 23.2 Å². The van der Waals surface area contributed by atoms with Gasteiger partial charge in [-0.05, 0) is 31.0 Å². The van der Waals surface area contributed by atoms with Crippen LogP contribution in [0.15, 0.2) is 18.2 Å². The van der Waals surface area contributed by atoms with Crippen LogP contribution in [0.1, 0.15) is 12.8 Å². The first-order chi connectivity index (χ1) is 7.16. The number of rotatable bonds is 1. The van der Waals surface area contributed by atoms with Crippen molar-refractivity contribution < 1.29 is 0 Å². The third-order valence-electron chi connectivity index (χ3n) is 2.81. The maximum absolute atomic E-state index is 5.98. The highest BCUT2D eigenvalue weighted by molar-refractivity contribution is 6.42. The van der Waals surface area contributed by atoms with Crippen LogP contribution in [-0.4, -0.2) is 19.1 Å². The molecule has 1 fully saturated rings. The van der Waals surface area contributed by atoms with E-state index >= 15 is 0 Å². The van der Waals surface area contributed by atoms with Crippen molar-refractivity contribution in [3.05, 3.63) is 28.2 Å².